The number of rotatable bonds is 5. The molecule has 0 fully saturated rings. The minimum Gasteiger partial charge on any atom is -0.493 e. The molecule has 0 spiro atoms. The van der Waals surface area contributed by atoms with Crippen molar-refractivity contribution in [3.8, 4) is 17.2 Å². The molecule has 0 atom stereocenters. The molecule has 0 saturated heterocycles. The summed E-state index contributed by atoms with van der Waals surface area (Å²) in [5.41, 5.74) is 0.887. The number of anilines is 1. The lowest BCUT2D eigenvalue weighted by molar-refractivity contribution is -0.119. The summed E-state index contributed by atoms with van der Waals surface area (Å²) in [7, 11) is 1.44. The summed E-state index contributed by atoms with van der Waals surface area (Å²) in [5, 5.41) is 2.36. The van der Waals surface area contributed by atoms with E-state index in [-0.39, 0.29) is 11.3 Å². The SMILES string of the molecule is COc1cc(C(=O)OCC(=O)Nc2ccc(C)cc2F)cc2c1OCCO2. The fraction of sp³-hybridized carbons (Fsp3) is 0.263. The predicted octanol–water partition coefficient (Wildman–Crippen LogP) is 2.71. The van der Waals surface area contributed by atoms with Gasteiger partial charge in [-0.2, -0.15) is 0 Å². The standard InChI is InChI=1S/C19H18FNO6/c1-11-3-4-14(13(20)7-11)21-17(22)10-27-19(23)12-8-15(24-2)18-16(9-12)25-5-6-26-18/h3-4,7-9H,5-6,10H2,1-2H3,(H,21,22). The number of halogens is 1. The summed E-state index contributed by atoms with van der Waals surface area (Å²) in [5.74, 6) is -0.872. The molecule has 0 radical (unpaired) electrons. The van der Waals surface area contributed by atoms with Crippen molar-refractivity contribution >= 4 is 17.6 Å². The molecule has 1 amide bonds. The second-order valence-corrected chi connectivity index (χ2v) is 5.81. The maximum Gasteiger partial charge on any atom is 0.338 e. The smallest absolute Gasteiger partial charge is 0.338 e. The summed E-state index contributed by atoms with van der Waals surface area (Å²) in [6.45, 7) is 1.89. The van der Waals surface area contributed by atoms with Crippen molar-refractivity contribution in [3.63, 3.8) is 0 Å². The molecule has 0 aromatic heterocycles. The fourth-order valence-corrected chi connectivity index (χ4v) is 2.51. The zero-order valence-electron chi connectivity index (χ0n) is 14.8. The van der Waals surface area contributed by atoms with E-state index in [1.165, 1.54) is 31.4 Å². The number of methoxy groups -OCH3 is 1. The van der Waals surface area contributed by atoms with Crippen LogP contribution in [-0.2, 0) is 9.53 Å². The van der Waals surface area contributed by atoms with Crippen LogP contribution in [0.25, 0.3) is 0 Å². The van der Waals surface area contributed by atoms with Gasteiger partial charge in [0, 0.05) is 0 Å². The Bertz CT molecular complexity index is 865. The highest BCUT2D eigenvalue weighted by Crippen LogP contribution is 2.40. The van der Waals surface area contributed by atoms with E-state index in [1.807, 2.05) is 0 Å². The molecule has 7 nitrogen and oxygen atoms in total. The highest BCUT2D eigenvalue weighted by atomic mass is 19.1. The van der Waals surface area contributed by atoms with Crippen molar-refractivity contribution < 1.29 is 32.9 Å². The fourth-order valence-electron chi connectivity index (χ4n) is 2.51. The first-order valence-electron chi connectivity index (χ1n) is 8.18. The van der Waals surface area contributed by atoms with Gasteiger partial charge in [-0.3, -0.25) is 4.79 Å². The summed E-state index contributed by atoms with van der Waals surface area (Å²) in [6.07, 6.45) is 0. The topological polar surface area (TPSA) is 83.1 Å². The van der Waals surface area contributed by atoms with Gasteiger partial charge in [0.15, 0.2) is 18.1 Å². The van der Waals surface area contributed by atoms with Crippen LogP contribution in [0.5, 0.6) is 17.2 Å². The van der Waals surface area contributed by atoms with E-state index in [0.717, 1.165) is 5.56 Å². The first-order valence-corrected chi connectivity index (χ1v) is 8.18. The molecule has 0 aliphatic carbocycles. The van der Waals surface area contributed by atoms with Crippen LogP contribution in [0.4, 0.5) is 10.1 Å². The van der Waals surface area contributed by atoms with Crippen molar-refractivity contribution in [3.05, 3.63) is 47.3 Å². The number of fused-ring (bicyclic) bond motifs is 1. The molecule has 142 valence electrons. The van der Waals surface area contributed by atoms with Gasteiger partial charge in [-0.15, -0.1) is 0 Å². The molecule has 2 aromatic carbocycles. The molecule has 3 rings (SSSR count). The van der Waals surface area contributed by atoms with Gasteiger partial charge in [-0.05, 0) is 36.8 Å². The summed E-state index contributed by atoms with van der Waals surface area (Å²) in [6, 6.07) is 7.29. The van der Waals surface area contributed by atoms with E-state index in [9.17, 15) is 14.0 Å². The van der Waals surface area contributed by atoms with E-state index in [0.29, 0.717) is 30.5 Å². The molecule has 1 aliphatic rings. The summed E-state index contributed by atoms with van der Waals surface area (Å²) in [4.78, 5) is 24.2. The number of hydrogen-bond donors (Lipinski definition) is 1. The average Bonchev–Trinajstić information content (AvgIpc) is 2.67. The van der Waals surface area contributed by atoms with Crippen LogP contribution in [0.15, 0.2) is 30.3 Å². The van der Waals surface area contributed by atoms with Gasteiger partial charge in [0.2, 0.25) is 5.75 Å². The van der Waals surface area contributed by atoms with Gasteiger partial charge >= 0.3 is 5.97 Å². The van der Waals surface area contributed by atoms with Crippen molar-refractivity contribution in [2.24, 2.45) is 0 Å². The Morgan fingerprint density at radius 1 is 1.19 bits per heavy atom. The molecule has 27 heavy (non-hydrogen) atoms. The van der Waals surface area contributed by atoms with Crippen molar-refractivity contribution in [2.75, 3.05) is 32.2 Å². The lowest BCUT2D eigenvalue weighted by atomic mass is 10.1. The number of esters is 1. The predicted molar refractivity (Wildman–Crippen MR) is 94.0 cm³/mol. The number of carbonyl (C=O) groups is 2. The molecule has 2 aromatic rings. The van der Waals surface area contributed by atoms with Gasteiger partial charge in [-0.1, -0.05) is 6.07 Å². The molecule has 0 bridgehead atoms. The van der Waals surface area contributed by atoms with Crippen molar-refractivity contribution in [1.29, 1.82) is 0 Å². The van der Waals surface area contributed by atoms with E-state index in [1.54, 1.807) is 13.0 Å². The number of ether oxygens (including phenoxy) is 4. The number of benzene rings is 2. The molecule has 0 unspecified atom stereocenters. The average molecular weight is 375 g/mol. The first kappa shape index (κ1) is 18.5. The lowest BCUT2D eigenvalue weighted by Gasteiger charge is -2.21. The number of carbonyl (C=O) groups excluding carboxylic acids is 2. The van der Waals surface area contributed by atoms with Crippen LogP contribution in [0.1, 0.15) is 15.9 Å². The van der Waals surface area contributed by atoms with E-state index in [2.05, 4.69) is 5.32 Å². The molecule has 1 aliphatic heterocycles. The molecular formula is C19H18FNO6. The van der Waals surface area contributed by atoms with Gasteiger partial charge in [-0.25, -0.2) is 9.18 Å². The van der Waals surface area contributed by atoms with Crippen molar-refractivity contribution in [1.82, 2.24) is 0 Å². The third kappa shape index (κ3) is 4.28. The number of nitrogens with one attached hydrogen (secondary N) is 1. The van der Waals surface area contributed by atoms with Crippen molar-refractivity contribution in [2.45, 2.75) is 6.92 Å². The number of aryl methyl sites for hydroxylation is 1. The Hall–Kier alpha value is -3.29. The minimum absolute atomic E-state index is 0.0163. The lowest BCUT2D eigenvalue weighted by Crippen LogP contribution is -2.22. The monoisotopic (exact) mass is 375 g/mol. The quantitative estimate of drug-likeness (QED) is 0.809. The van der Waals surface area contributed by atoms with Crippen LogP contribution < -0.4 is 19.5 Å². The Morgan fingerprint density at radius 2 is 1.96 bits per heavy atom. The highest BCUT2D eigenvalue weighted by Gasteiger charge is 2.22. The summed E-state index contributed by atoms with van der Waals surface area (Å²) >= 11 is 0. The zero-order valence-corrected chi connectivity index (χ0v) is 14.8. The number of hydrogen-bond acceptors (Lipinski definition) is 6. The van der Waals surface area contributed by atoms with Gasteiger partial charge in [0.1, 0.15) is 19.0 Å². The second-order valence-electron chi connectivity index (χ2n) is 5.81. The Balaban J connectivity index is 1.64. The molecule has 8 heteroatoms. The largest absolute Gasteiger partial charge is 0.493 e. The van der Waals surface area contributed by atoms with E-state index in [4.69, 9.17) is 18.9 Å². The van der Waals surface area contributed by atoms with Crippen LogP contribution in [0.3, 0.4) is 0 Å². The van der Waals surface area contributed by atoms with Gasteiger partial charge < -0.3 is 24.3 Å². The second kappa shape index (κ2) is 7.94. The maximum atomic E-state index is 13.8. The van der Waals surface area contributed by atoms with Crippen LogP contribution >= 0.6 is 0 Å². The van der Waals surface area contributed by atoms with E-state index >= 15 is 0 Å². The van der Waals surface area contributed by atoms with Crippen LogP contribution in [0.2, 0.25) is 0 Å². The molecule has 1 heterocycles. The highest BCUT2D eigenvalue weighted by molar-refractivity contribution is 5.96. The Labute approximate surface area is 155 Å². The zero-order chi connectivity index (χ0) is 19.4. The first-order chi connectivity index (χ1) is 13.0. The van der Waals surface area contributed by atoms with Crippen LogP contribution in [0, 0.1) is 12.7 Å². The van der Waals surface area contributed by atoms with E-state index < -0.39 is 24.3 Å². The summed E-state index contributed by atoms with van der Waals surface area (Å²) < 4.78 is 34.9. The third-order valence-electron chi connectivity index (χ3n) is 3.80. The normalized spacial score (nSPS) is 12.3. The Kier molecular flexibility index (Phi) is 5.44. The van der Waals surface area contributed by atoms with Gasteiger partial charge in [0.05, 0.1) is 18.4 Å². The Morgan fingerprint density at radius 3 is 2.70 bits per heavy atom. The molecule has 0 saturated carbocycles. The molecule has 1 N–H and O–H groups in total. The molecular weight excluding hydrogens is 357 g/mol. The number of amides is 1. The maximum absolute atomic E-state index is 13.8. The minimum atomic E-state index is -0.746. The van der Waals surface area contributed by atoms with Crippen LogP contribution in [-0.4, -0.2) is 38.8 Å². The van der Waals surface area contributed by atoms with Gasteiger partial charge in [0.25, 0.3) is 5.91 Å². The third-order valence-corrected chi connectivity index (χ3v) is 3.80.